The fourth-order valence-corrected chi connectivity index (χ4v) is 1.71. The highest BCUT2D eigenvalue weighted by Crippen LogP contribution is 2.17. The molecule has 5 heteroatoms. The van der Waals surface area contributed by atoms with Crippen LogP contribution in [-0.2, 0) is 6.54 Å². The molecule has 4 nitrogen and oxygen atoms in total. The molecule has 2 aromatic rings. The summed E-state index contributed by atoms with van der Waals surface area (Å²) in [7, 11) is 0. The maximum absolute atomic E-state index is 5.99. The first-order valence-corrected chi connectivity index (χ1v) is 5.57. The van der Waals surface area contributed by atoms with E-state index in [0.717, 1.165) is 0 Å². The van der Waals surface area contributed by atoms with Crippen LogP contribution in [0.5, 0.6) is 0 Å². The Labute approximate surface area is 99.2 Å². The number of rotatable bonds is 3. The molecule has 0 spiro atoms. The molecule has 0 bridgehead atoms. The van der Waals surface area contributed by atoms with Crippen molar-refractivity contribution in [2.45, 2.75) is 25.8 Å². The van der Waals surface area contributed by atoms with Gasteiger partial charge in [-0.25, -0.2) is 4.68 Å². The van der Waals surface area contributed by atoms with Crippen LogP contribution in [0.2, 0.25) is 0 Å². The van der Waals surface area contributed by atoms with Crippen molar-refractivity contribution >= 4 is 11.6 Å². The zero-order valence-corrected chi connectivity index (χ0v) is 10.0. The molecule has 0 N–H and O–H groups in total. The van der Waals surface area contributed by atoms with Gasteiger partial charge in [0, 0.05) is 0 Å². The summed E-state index contributed by atoms with van der Waals surface area (Å²) in [5, 5.41) is 11.3. The third-order valence-electron chi connectivity index (χ3n) is 2.50. The summed E-state index contributed by atoms with van der Waals surface area (Å²) in [4.78, 5) is 0. The van der Waals surface area contributed by atoms with E-state index in [2.05, 4.69) is 34.6 Å². The van der Waals surface area contributed by atoms with Crippen molar-refractivity contribution in [3.8, 4) is 0 Å². The number of halogens is 1. The van der Waals surface area contributed by atoms with Crippen molar-refractivity contribution < 1.29 is 0 Å². The Balaban J connectivity index is 2.27. The van der Waals surface area contributed by atoms with E-state index in [1.54, 1.807) is 4.68 Å². The largest absolute Gasteiger partial charge is 0.224 e. The molecule has 84 valence electrons. The van der Waals surface area contributed by atoms with Gasteiger partial charge in [-0.3, -0.25) is 0 Å². The van der Waals surface area contributed by atoms with Gasteiger partial charge >= 0.3 is 0 Å². The molecule has 1 unspecified atom stereocenters. The Morgan fingerprint density at radius 3 is 2.81 bits per heavy atom. The first-order valence-electron chi connectivity index (χ1n) is 5.13. The lowest BCUT2D eigenvalue weighted by atomic mass is 10.1. The molecule has 0 aliphatic heterocycles. The van der Waals surface area contributed by atoms with Crippen LogP contribution in [0.3, 0.4) is 0 Å². The number of aromatic nitrogens is 4. The second-order valence-electron chi connectivity index (χ2n) is 3.74. The Hall–Kier alpha value is -1.42. The second-order valence-corrected chi connectivity index (χ2v) is 4.39. The molecule has 1 aromatic carbocycles. The molecule has 16 heavy (non-hydrogen) atoms. The van der Waals surface area contributed by atoms with Gasteiger partial charge in [-0.1, -0.05) is 24.3 Å². The summed E-state index contributed by atoms with van der Waals surface area (Å²) in [6, 6.07) is 8.17. The van der Waals surface area contributed by atoms with E-state index in [9.17, 15) is 0 Å². The van der Waals surface area contributed by atoms with Crippen LogP contribution < -0.4 is 0 Å². The van der Waals surface area contributed by atoms with Crippen molar-refractivity contribution in [3.05, 3.63) is 41.2 Å². The zero-order valence-electron chi connectivity index (χ0n) is 9.26. The van der Waals surface area contributed by atoms with Crippen LogP contribution in [0.25, 0.3) is 0 Å². The number of hydrogen-bond donors (Lipinski definition) is 0. The van der Waals surface area contributed by atoms with Gasteiger partial charge in [0.2, 0.25) is 0 Å². The molecule has 1 aromatic heterocycles. The minimum absolute atomic E-state index is 0.181. The third-order valence-corrected chi connectivity index (χ3v) is 2.69. The molecule has 0 radical (unpaired) electrons. The average molecular weight is 237 g/mol. The van der Waals surface area contributed by atoms with Gasteiger partial charge in [0.15, 0.2) is 5.82 Å². The SMILES string of the molecule is Cc1ccccc1Cn1nnnc1C(C)Cl. The summed E-state index contributed by atoms with van der Waals surface area (Å²) < 4.78 is 1.74. The summed E-state index contributed by atoms with van der Waals surface area (Å²) in [5.74, 6) is 0.699. The molecule has 0 fully saturated rings. The standard InChI is InChI=1S/C11H13ClN4/c1-8-5-3-4-6-10(8)7-16-11(9(2)12)13-14-15-16/h3-6,9H,7H2,1-2H3. The van der Waals surface area contributed by atoms with Gasteiger partial charge in [-0.15, -0.1) is 16.7 Å². The molecule has 0 aliphatic carbocycles. The highest BCUT2D eigenvalue weighted by Gasteiger charge is 2.12. The van der Waals surface area contributed by atoms with Crippen LogP contribution in [0.15, 0.2) is 24.3 Å². The summed E-state index contributed by atoms with van der Waals surface area (Å²) in [6.07, 6.45) is 0. The lowest BCUT2D eigenvalue weighted by Crippen LogP contribution is -2.08. The molecule has 0 saturated heterocycles. The predicted octanol–water partition coefficient (Wildman–Crippen LogP) is 2.33. The predicted molar refractivity (Wildman–Crippen MR) is 62.4 cm³/mol. The van der Waals surface area contributed by atoms with Gasteiger partial charge in [-0.05, 0) is 35.4 Å². The summed E-state index contributed by atoms with van der Waals surface area (Å²) in [5.41, 5.74) is 2.43. The first kappa shape index (κ1) is 11.1. The minimum Gasteiger partial charge on any atom is -0.224 e. The van der Waals surface area contributed by atoms with Crippen molar-refractivity contribution in [2.24, 2.45) is 0 Å². The van der Waals surface area contributed by atoms with Crippen LogP contribution >= 0.6 is 11.6 Å². The van der Waals surface area contributed by atoms with Crippen molar-refractivity contribution in [1.82, 2.24) is 20.2 Å². The quantitative estimate of drug-likeness (QED) is 0.769. The minimum atomic E-state index is -0.181. The fraction of sp³-hybridized carbons (Fsp3) is 0.364. The van der Waals surface area contributed by atoms with E-state index in [0.29, 0.717) is 12.4 Å². The van der Waals surface area contributed by atoms with E-state index in [1.807, 2.05) is 19.1 Å². The Kier molecular flexibility index (Phi) is 3.19. The molecule has 0 amide bonds. The van der Waals surface area contributed by atoms with Gasteiger partial charge in [0.25, 0.3) is 0 Å². The van der Waals surface area contributed by atoms with Gasteiger partial charge in [0.05, 0.1) is 11.9 Å². The van der Waals surface area contributed by atoms with Crippen molar-refractivity contribution in [2.75, 3.05) is 0 Å². The fourth-order valence-electron chi connectivity index (χ4n) is 1.56. The number of nitrogens with zero attached hydrogens (tertiary/aromatic N) is 4. The number of tetrazole rings is 1. The first-order chi connectivity index (χ1) is 7.68. The maximum Gasteiger partial charge on any atom is 0.169 e. The van der Waals surface area contributed by atoms with Gasteiger partial charge < -0.3 is 0 Å². The number of alkyl halides is 1. The summed E-state index contributed by atoms with van der Waals surface area (Å²) >= 11 is 5.99. The average Bonchev–Trinajstić information content (AvgIpc) is 2.69. The molecular formula is C11H13ClN4. The maximum atomic E-state index is 5.99. The smallest absolute Gasteiger partial charge is 0.169 e. The Morgan fingerprint density at radius 1 is 1.38 bits per heavy atom. The highest BCUT2D eigenvalue weighted by atomic mass is 35.5. The number of benzene rings is 1. The molecule has 2 rings (SSSR count). The topological polar surface area (TPSA) is 43.6 Å². The lowest BCUT2D eigenvalue weighted by Gasteiger charge is -2.07. The van der Waals surface area contributed by atoms with E-state index >= 15 is 0 Å². The van der Waals surface area contributed by atoms with E-state index < -0.39 is 0 Å². The van der Waals surface area contributed by atoms with Crippen LogP contribution in [0.1, 0.15) is 29.3 Å². The molecule has 0 saturated carbocycles. The van der Waals surface area contributed by atoms with E-state index in [1.165, 1.54) is 11.1 Å². The molecular weight excluding hydrogens is 224 g/mol. The summed E-state index contributed by atoms with van der Waals surface area (Å²) in [6.45, 7) is 4.59. The monoisotopic (exact) mass is 236 g/mol. The molecule has 0 aliphatic rings. The Bertz CT molecular complexity index is 478. The third kappa shape index (κ3) is 2.22. The molecule has 1 atom stereocenters. The highest BCUT2D eigenvalue weighted by molar-refractivity contribution is 6.20. The zero-order chi connectivity index (χ0) is 11.5. The van der Waals surface area contributed by atoms with E-state index in [4.69, 9.17) is 11.6 Å². The van der Waals surface area contributed by atoms with Crippen molar-refractivity contribution in [1.29, 1.82) is 0 Å². The van der Waals surface area contributed by atoms with Gasteiger partial charge in [-0.2, -0.15) is 0 Å². The van der Waals surface area contributed by atoms with E-state index in [-0.39, 0.29) is 5.38 Å². The van der Waals surface area contributed by atoms with Crippen molar-refractivity contribution in [3.63, 3.8) is 0 Å². The number of aryl methyl sites for hydroxylation is 1. The second kappa shape index (κ2) is 4.61. The Morgan fingerprint density at radius 2 is 2.12 bits per heavy atom. The lowest BCUT2D eigenvalue weighted by molar-refractivity contribution is 0.616. The van der Waals surface area contributed by atoms with Crippen LogP contribution in [-0.4, -0.2) is 20.2 Å². The van der Waals surface area contributed by atoms with Gasteiger partial charge in [0.1, 0.15) is 0 Å². The number of hydrogen-bond acceptors (Lipinski definition) is 3. The van der Waals surface area contributed by atoms with Crippen LogP contribution in [0.4, 0.5) is 0 Å². The molecule has 1 heterocycles. The normalized spacial score (nSPS) is 12.7. The van der Waals surface area contributed by atoms with Crippen LogP contribution in [0, 0.1) is 6.92 Å².